The van der Waals surface area contributed by atoms with Crippen LogP contribution in [0.5, 0.6) is 0 Å². The number of carbonyl (C=O) groups is 1. The van der Waals surface area contributed by atoms with E-state index in [1.54, 1.807) is 0 Å². The number of nitrogens with zero attached hydrogens (tertiary/aromatic N) is 1. The van der Waals surface area contributed by atoms with Gasteiger partial charge in [0.1, 0.15) is 0 Å². The fourth-order valence-corrected chi connectivity index (χ4v) is 2.53. The maximum Gasteiger partial charge on any atom is 0.236 e. The third kappa shape index (κ3) is 3.26. The molecule has 1 amide bonds. The summed E-state index contributed by atoms with van der Waals surface area (Å²) >= 11 is 0. The molecule has 1 fully saturated rings. The van der Waals surface area contributed by atoms with Gasteiger partial charge in [-0.05, 0) is 43.9 Å². The lowest BCUT2D eigenvalue weighted by Gasteiger charge is -2.33. The van der Waals surface area contributed by atoms with E-state index in [1.165, 1.54) is 16.8 Å². The summed E-state index contributed by atoms with van der Waals surface area (Å²) < 4.78 is 0. The standard InChI is InChI=1S/C15H23N3O/c1-11-4-3-5-14(12(11)2)17-13-6-8-18(9-7-13)15(19)10-16/h3-5,13,17H,6-10,16H2,1-2H3. The van der Waals surface area contributed by atoms with Crippen molar-refractivity contribution in [3.8, 4) is 0 Å². The topological polar surface area (TPSA) is 58.4 Å². The van der Waals surface area contributed by atoms with E-state index < -0.39 is 0 Å². The molecule has 0 radical (unpaired) electrons. The summed E-state index contributed by atoms with van der Waals surface area (Å²) in [6.45, 7) is 6.00. The Morgan fingerprint density at radius 3 is 2.68 bits per heavy atom. The van der Waals surface area contributed by atoms with E-state index >= 15 is 0 Å². The highest BCUT2D eigenvalue weighted by Crippen LogP contribution is 2.22. The smallest absolute Gasteiger partial charge is 0.236 e. The number of amides is 1. The van der Waals surface area contributed by atoms with Gasteiger partial charge >= 0.3 is 0 Å². The second-order valence-electron chi connectivity index (χ2n) is 5.25. The lowest BCUT2D eigenvalue weighted by Crippen LogP contribution is -2.44. The first-order valence-electron chi connectivity index (χ1n) is 6.92. The number of rotatable bonds is 3. The van der Waals surface area contributed by atoms with Crippen LogP contribution in [0.15, 0.2) is 18.2 Å². The van der Waals surface area contributed by atoms with Crippen molar-refractivity contribution in [2.24, 2.45) is 5.73 Å². The summed E-state index contributed by atoms with van der Waals surface area (Å²) in [4.78, 5) is 13.4. The Morgan fingerprint density at radius 2 is 2.05 bits per heavy atom. The average molecular weight is 261 g/mol. The van der Waals surface area contributed by atoms with Crippen molar-refractivity contribution in [2.45, 2.75) is 32.7 Å². The summed E-state index contributed by atoms with van der Waals surface area (Å²) in [5, 5.41) is 3.60. The molecular formula is C15H23N3O. The summed E-state index contributed by atoms with van der Waals surface area (Å²) in [5.74, 6) is 0.0604. The van der Waals surface area contributed by atoms with Gasteiger partial charge in [0.25, 0.3) is 0 Å². The van der Waals surface area contributed by atoms with E-state index in [0.717, 1.165) is 25.9 Å². The number of anilines is 1. The highest BCUT2D eigenvalue weighted by atomic mass is 16.2. The Hall–Kier alpha value is -1.55. The molecule has 1 aliphatic heterocycles. The first kappa shape index (κ1) is 13.9. The van der Waals surface area contributed by atoms with Crippen LogP contribution in [0.2, 0.25) is 0 Å². The Bertz CT molecular complexity index is 451. The third-order valence-corrected chi connectivity index (χ3v) is 3.99. The SMILES string of the molecule is Cc1cccc(NC2CCN(C(=O)CN)CC2)c1C. The third-order valence-electron chi connectivity index (χ3n) is 3.99. The average Bonchev–Trinajstić information content (AvgIpc) is 2.44. The molecule has 2 rings (SSSR count). The van der Waals surface area contributed by atoms with E-state index in [4.69, 9.17) is 5.73 Å². The fourth-order valence-electron chi connectivity index (χ4n) is 2.53. The van der Waals surface area contributed by atoms with Gasteiger partial charge in [-0.15, -0.1) is 0 Å². The van der Waals surface area contributed by atoms with Crippen LogP contribution in [0.1, 0.15) is 24.0 Å². The van der Waals surface area contributed by atoms with Crippen molar-refractivity contribution in [1.82, 2.24) is 4.90 Å². The molecule has 1 aliphatic rings. The molecular weight excluding hydrogens is 238 g/mol. The quantitative estimate of drug-likeness (QED) is 0.870. The van der Waals surface area contributed by atoms with Crippen LogP contribution in [-0.2, 0) is 4.79 Å². The van der Waals surface area contributed by atoms with Gasteiger partial charge in [-0.1, -0.05) is 12.1 Å². The maximum atomic E-state index is 11.5. The van der Waals surface area contributed by atoms with Crippen LogP contribution in [0, 0.1) is 13.8 Å². The number of hydrogen-bond acceptors (Lipinski definition) is 3. The molecule has 0 saturated carbocycles. The van der Waals surface area contributed by atoms with Crippen molar-refractivity contribution >= 4 is 11.6 Å². The predicted octanol–water partition coefficient (Wildman–Crippen LogP) is 1.67. The molecule has 104 valence electrons. The summed E-state index contributed by atoms with van der Waals surface area (Å²) in [7, 11) is 0. The molecule has 0 aliphatic carbocycles. The Labute approximate surface area is 115 Å². The molecule has 1 aromatic carbocycles. The van der Waals surface area contributed by atoms with Gasteiger partial charge < -0.3 is 16.0 Å². The molecule has 0 spiro atoms. The van der Waals surface area contributed by atoms with Crippen LogP contribution in [0.4, 0.5) is 5.69 Å². The summed E-state index contributed by atoms with van der Waals surface area (Å²) in [5.41, 5.74) is 9.22. The van der Waals surface area contributed by atoms with Gasteiger partial charge in [0.05, 0.1) is 6.54 Å². The zero-order valence-corrected chi connectivity index (χ0v) is 11.8. The molecule has 1 aromatic rings. The maximum absolute atomic E-state index is 11.5. The molecule has 1 saturated heterocycles. The highest BCUT2D eigenvalue weighted by Gasteiger charge is 2.22. The molecule has 0 bridgehead atoms. The Kier molecular flexibility index (Phi) is 4.43. The van der Waals surface area contributed by atoms with Crippen molar-refractivity contribution < 1.29 is 4.79 Å². The number of hydrogen-bond donors (Lipinski definition) is 2. The number of nitrogens with two attached hydrogens (primary N) is 1. The van der Waals surface area contributed by atoms with Crippen LogP contribution in [-0.4, -0.2) is 36.5 Å². The Balaban J connectivity index is 1.92. The molecule has 4 nitrogen and oxygen atoms in total. The predicted molar refractivity (Wildman–Crippen MR) is 78.2 cm³/mol. The molecule has 4 heteroatoms. The minimum atomic E-state index is 0.0604. The van der Waals surface area contributed by atoms with E-state index in [2.05, 4.69) is 37.4 Å². The molecule has 1 heterocycles. The van der Waals surface area contributed by atoms with Gasteiger partial charge in [0.15, 0.2) is 0 Å². The van der Waals surface area contributed by atoms with Crippen LogP contribution in [0.25, 0.3) is 0 Å². The Morgan fingerprint density at radius 1 is 1.37 bits per heavy atom. The number of benzene rings is 1. The zero-order valence-electron chi connectivity index (χ0n) is 11.8. The van der Waals surface area contributed by atoms with Gasteiger partial charge in [0, 0.05) is 24.8 Å². The minimum Gasteiger partial charge on any atom is -0.382 e. The molecule has 0 unspecified atom stereocenters. The molecule has 19 heavy (non-hydrogen) atoms. The number of piperidine rings is 1. The monoisotopic (exact) mass is 261 g/mol. The van der Waals surface area contributed by atoms with Crippen LogP contribution < -0.4 is 11.1 Å². The fraction of sp³-hybridized carbons (Fsp3) is 0.533. The van der Waals surface area contributed by atoms with Crippen molar-refractivity contribution in [3.05, 3.63) is 29.3 Å². The zero-order chi connectivity index (χ0) is 13.8. The number of aryl methyl sites for hydroxylation is 1. The number of carbonyl (C=O) groups excluding carboxylic acids is 1. The second-order valence-corrected chi connectivity index (χ2v) is 5.25. The van der Waals surface area contributed by atoms with E-state index in [0.29, 0.717) is 6.04 Å². The van der Waals surface area contributed by atoms with E-state index in [9.17, 15) is 4.79 Å². The van der Waals surface area contributed by atoms with Gasteiger partial charge in [-0.25, -0.2) is 0 Å². The lowest BCUT2D eigenvalue weighted by atomic mass is 10.0. The molecule has 0 atom stereocenters. The first-order valence-corrected chi connectivity index (χ1v) is 6.92. The van der Waals surface area contributed by atoms with Crippen molar-refractivity contribution in [1.29, 1.82) is 0 Å². The largest absolute Gasteiger partial charge is 0.382 e. The normalized spacial score (nSPS) is 16.5. The van der Waals surface area contributed by atoms with E-state index in [1.807, 2.05) is 4.90 Å². The highest BCUT2D eigenvalue weighted by molar-refractivity contribution is 5.78. The molecule has 0 aromatic heterocycles. The van der Waals surface area contributed by atoms with Crippen molar-refractivity contribution in [3.63, 3.8) is 0 Å². The number of nitrogens with one attached hydrogen (secondary N) is 1. The van der Waals surface area contributed by atoms with Gasteiger partial charge in [-0.2, -0.15) is 0 Å². The van der Waals surface area contributed by atoms with Crippen LogP contribution in [0.3, 0.4) is 0 Å². The lowest BCUT2D eigenvalue weighted by molar-refractivity contribution is -0.130. The van der Waals surface area contributed by atoms with Gasteiger partial charge in [-0.3, -0.25) is 4.79 Å². The van der Waals surface area contributed by atoms with Crippen molar-refractivity contribution in [2.75, 3.05) is 25.0 Å². The summed E-state index contributed by atoms with van der Waals surface area (Å²) in [6.07, 6.45) is 1.97. The van der Waals surface area contributed by atoms with Crippen LogP contribution >= 0.6 is 0 Å². The number of likely N-dealkylation sites (tertiary alicyclic amines) is 1. The summed E-state index contributed by atoms with van der Waals surface area (Å²) in [6, 6.07) is 6.78. The first-order chi connectivity index (χ1) is 9.11. The van der Waals surface area contributed by atoms with Gasteiger partial charge in [0.2, 0.25) is 5.91 Å². The minimum absolute atomic E-state index is 0.0604. The van der Waals surface area contributed by atoms with E-state index in [-0.39, 0.29) is 12.5 Å². The second kappa shape index (κ2) is 6.06. The molecule has 3 N–H and O–H groups in total.